The van der Waals surface area contributed by atoms with E-state index in [4.69, 9.17) is 11.6 Å². The van der Waals surface area contributed by atoms with Crippen molar-refractivity contribution >= 4 is 28.6 Å². The molecule has 1 aromatic carbocycles. The van der Waals surface area contributed by atoms with E-state index in [0.29, 0.717) is 5.02 Å². The molecule has 2 rings (SSSR count). The summed E-state index contributed by atoms with van der Waals surface area (Å²) in [7, 11) is 0. The van der Waals surface area contributed by atoms with Crippen LogP contribution in [0.2, 0.25) is 5.02 Å². The maximum atomic E-state index is 6.08. The van der Waals surface area contributed by atoms with E-state index in [-0.39, 0.29) is 0 Å². The van der Waals surface area contributed by atoms with Gasteiger partial charge < -0.3 is 0 Å². The van der Waals surface area contributed by atoms with E-state index in [9.17, 15) is 0 Å². The molecule has 0 aliphatic heterocycles. The van der Waals surface area contributed by atoms with Crippen LogP contribution in [0.3, 0.4) is 0 Å². The van der Waals surface area contributed by atoms with Crippen molar-refractivity contribution in [2.75, 3.05) is 0 Å². The summed E-state index contributed by atoms with van der Waals surface area (Å²) in [6, 6.07) is 5.92. The molecule has 15 heavy (non-hydrogen) atoms. The molecular weight excluding hydrogens is 206 g/mol. The van der Waals surface area contributed by atoms with Crippen LogP contribution in [-0.4, -0.2) is 4.98 Å². The number of aromatic nitrogens is 1. The van der Waals surface area contributed by atoms with Gasteiger partial charge in [0.15, 0.2) is 0 Å². The molecule has 2 heteroatoms. The number of fused-ring (bicyclic) bond motifs is 1. The van der Waals surface area contributed by atoms with Gasteiger partial charge in [0.1, 0.15) is 0 Å². The van der Waals surface area contributed by atoms with Gasteiger partial charge in [-0.3, -0.25) is 4.98 Å². The average Bonchev–Trinajstić information content (AvgIpc) is 2.27. The molecule has 0 N–H and O–H groups in total. The van der Waals surface area contributed by atoms with Crippen molar-refractivity contribution in [1.82, 2.24) is 4.98 Å². The van der Waals surface area contributed by atoms with Crippen LogP contribution in [0.25, 0.3) is 17.0 Å². The first-order valence-corrected chi connectivity index (χ1v) is 5.12. The van der Waals surface area contributed by atoms with Gasteiger partial charge in [0.05, 0.1) is 5.52 Å². The van der Waals surface area contributed by atoms with E-state index in [2.05, 4.69) is 24.6 Å². The lowest BCUT2D eigenvalue weighted by molar-refractivity contribution is 1.22. The summed E-state index contributed by atoms with van der Waals surface area (Å²) in [5, 5.41) is 1.76. The maximum absolute atomic E-state index is 6.08. The van der Waals surface area contributed by atoms with Gasteiger partial charge >= 0.3 is 0 Å². The molecule has 0 saturated carbocycles. The Morgan fingerprint density at radius 2 is 2.13 bits per heavy atom. The third-order valence-electron chi connectivity index (χ3n) is 2.36. The Morgan fingerprint density at radius 1 is 1.33 bits per heavy atom. The second kappa shape index (κ2) is 4.03. The van der Waals surface area contributed by atoms with Gasteiger partial charge in [0.25, 0.3) is 0 Å². The Kier molecular flexibility index (Phi) is 2.74. The molecule has 1 radical (unpaired) electrons. The highest BCUT2D eigenvalue weighted by molar-refractivity contribution is 6.32. The smallest absolute Gasteiger partial charge is 0.0709 e. The predicted molar refractivity (Wildman–Crippen MR) is 65.9 cm³/mol. The van der Waals surface area contributed by atoms with E-state index >= 15 is 0 Å². The Balaban J connectivity index is 2.70. The molecule has 2 aromatic rings. The molecule has 0 saturated heterocycles. The van der Waals surface area contributed by atoms with Crippen LogP contribution >= 0.6 is 11.6 Å². The molecule has 1 heterocycles. The van der Waals surface area contributed by atoms with E-state index in [1.54, 1.807) is 6.08 Å². The number of pyridine rings is 1. The first-order chi connectivity index (χ1) is 7.24. The molecule has 1 aromatic heterocycles. The molecule has 0 bridgehead atoms. The minimum Gasteiger partial charge on any atom is -0.256 e. The van der Waals surface area contributed by atoms with Crippen LogP contribution in [-0.2, 0) is 6.42 Å². The average molecular weight is 217 g/mol. The van der Waals surface area contributed by atoms with E-state index < -0.39 is 0 Å². The fourth-order valence-electron chi connectivity index (χ4n) is 1.50. The van der Waals surface area contributed by atoms with Gasteiger partial charge in [0, 0.05) is 16.6 Å². The fourth-order valence-corrected chi connectivity index (χ4v) is 1.75. The van der Waals surface area contributed by atoms with Crippen molar-refractivity contribution in [1.29, 1.82) is 0 Å². The number of halogens is 1. The Hall–Kier alpha value is -1.34. The zero-order chi connectivity index (χ0) is 10.8. The maximum Gasteiger partial charge on any atom is 0.0709 e. The Labute approximate surface area is 94.4 Å². The van der Waals surface area contributed by atoms with Crippen molar-refractivity contribution in [3.63, 3.8) is 0 Å². The first-order valence-electron chi connectivity index (χ1n) is 4.74. The van der Waals surface area contributed by atoms with Crippen LogP contribution in [0.1, 0.15) is 11.1 Å². The molecular formula is C13H11ClN. The number of hydrogen-bond donors (Lipinski definition) is 0. The normalized spacial score (nSPS) is 10.5. The third-order valence-corrected chi connectivity index (χ3v) is 2.69. The zero-order valence-corrected chi connectivity index (χ0v) is 9.09. The molecule has 1 nitrogen and oxygen atoms in total. The van der Waals surface area contributed by atoms with Crippen LogP contribution in [0, 0.1) is 6.92 Å². The number of benzene rings is 1. The summed E-state index contributed by atoms with van der Waals surface area (Å²) in [5.41, 5.74) is 2.97. The molecule has 0 aliphatic carbocycles. The van der Waals surface area contributed by atoms with Crippen LogP contribution in [0.15, 0.2) is 31.0 Å². The Bertz CT molecular complexity index is 517. The lowest BCUT2D eigenvalue weighted by Gasteiger charge is -2.03. The van der Waals surface area contributed by atoms with Gasteiger partial charge in [-0.2, -0.15) is 0 Å². The van der Waals surface area contributed by atoms with Crippen LogP contribution < -0.4 is 0 Å². The summed E-state index contributed by atoms with van der Waals surface area (Å²) in [6.07, 6.45) is 4.32. The van der Waals surface area contributed by atoms with E-state index in [1.807, 2.05) is 18.3 Å². The molecule has 75 valence electrons. The minimum absolute atomic E-state index is 0.709. The molecule has 0 atom stereocenters. The monoisotopic (exact) mass is 216 g/mol. The highest BCUT2D eigenvalue weighted by Gasteiger charge is 2.02. The molecule has 0 unspecified atom stereocenters. The highest BCUT2D eigenvalue weighted by atomic mass is 35.5. The first kappa shape index (κ1) is 10.2. The summed E-state index contributed by atoms with van der Waals surface area (Å²) in [6.45, 7) is 7.54. The van der Waals surface area contributed by atoms with Crippen molar-refractivity contribution < 1.29 is 0 Å². The van der Waals surface area contributed by atoms with Crippen molar-refractivity contribution in [3.8, 4) is 0 Å². The second-order valence-corrected chi connectivity index (χ2v) is 3.77. The zero-order valence-electron chi connectivity index (χ0n) is 8.33. The SMILES string of the molecule is [CH2]Cc1cnc2cc(C=C)c(Cl)cc2c1. The number of rotatable bonds is 2. The minimum atomic E-state index is 0.709. The summed E-state index contributed by atoms with van der Waals surface area (Å²) in [5.74, 6) is 0. The van der Waals surface area contributed by atoms with Crippen LogP contribution in [0.4, 0.5) is 0 Å². The quantitative estimate of drug-likeness (QED) is 0.742. The highest BCUT2D eigenvalue weighted by Crippen LogP contribution is 2.24. The summed E-state index contributed by atoms with van der Waals surface area (Å²) in [4.78, 5) is 4.36. The van der Waals surface area contributed by atoms with Crippen molar-refractivity contribution in [2.24, 2.45) is 0 Å². The number of nitrogens with zero attached hydrogens (tertiary/aromatic N) is 1. The van der Waals surface area contributed by atoms with Crippen LogP contribution in [0.5, 0.6) is 0 Å². The molecule has 0 fully saturated rings. The van der Waals surface area contributed by atoms with Crippen molar-refractivity contribution in [2.45, 2.75) is 6.42 Å². The second-order valence-electron chi connectivity index (χ2n) is 3.36. The van der Waals surface area contributed by atoms with E-state index in [1.165, 1.54) is 0 Å². The lowest BCUT2D eigenvalue weighted by Crippen LogP contribution is -1.86. The largest absolute Gasteiger partial charge is 0.256 e. The summed E-state index contributed by atoms with van der Waals surface area (Å²) < 4.78 is 0. The van der Waals surface area contributed by atoms with Gasteiger partial charge in [-0.1, -0.05) is 24.3 Å². The summed E-state index contributed by atoms with van der Waals surface area (Å²) >= 11 is 6.08. The lowest BCUT2D eigenvalue weighted by atomic mass is 10.1. The Morgan fingerprint density at radius 3 is 2.80 bits per heavy atom. The van der Waals surface area contributed by atoms with Gasteiger partial charge in [-0.25, -0.2) is 0 Å². The van der Waals surface area contributed by atoms with Gasteiger partial charge in [0.2, 0.25) is 0 Å². The van der Waals surface area contributed by atoms with Gasteiger partial charge in [-0.15, -0.1) is 0 Å². The van der Waals surface area contributed by atoms with Crippen molar-refractivity contribution in [3.05, 3.63) is 54.0 Å². The molecule has 0 spiro atoms. The molecule has 0 aliphatic rings. The topological polar surface area (TPSA) is 12.9 Å². The molecule has 0 amide bonds. The standard InChI is InChI=1S/C13H11ClN/c1-3-9-5-11-6-12(14)10(4-2)7-13(11)15-8-9/h4-8H,1-3H2. The van der Waals surface area contributed by atoms with Gasteiger partial charge in [-0.05, 0) is 42.7 Å². The fraction of sp³-hybridized carbons (Fsp3) is 0.0769. The van der Waals surface area contributed by atoms with E-state index in [0.717, 1.165) is 28.5 Å². The predicted octanol–water partition coefficient (Wildman–Crippen LogP) is 3.91. The number of hydrogen-bond acceptors (Lipinski definition) is 1. The third kappa shape index (κ3) is 1.88.